The lowest BCUT2D eigenvalue weighted by molar-refractivity contribution is -0.0321. The fourth-order valence-electron chi connectivity index (χ4n) is 1.74. The molecule has 0 spiro atoms. The highest BCUT2D eigenvalue weighted by atomic mass is 79.9. The molecule has 1 aliphatic rings. The molecule has 3 nitrogen and oxygen atoms in total. The highest BCUT2D eigenvalue weighted by molar-refractivity contribution is 9.10. The van der Waals surface area contributed by atoms with Crippen molar-refractivity contribution in [2.24, 2.45) is 5.73 Å². The van der Waals surface area contributed by atoms with E-state index in [1.807, 2.05) is 11.4 Å². The molecule has 15 heavy (non-hydrogen) atoms. The van der Waals surface area contributed by atoms with Gasteiger partial charge in [0, 0.05) is 22.4 Å². The van der Waals surface area contributed by atoms with Crippen molar-refractivity contribution in [1.29, 1.82) is 0 Å². The van der Waals surface area contributed by atoms with Gasteiger partial charge in [-0.1, -0.05) is 0 Å². The van der Waals surface area contributed by atoms with Crippen LogP contribution in [0.4, 0.5) is 0 Å². The van der Waals surface area contributed by atoms with Crippen LogP contribution in [0.15, 0.2) is 15.9 Å². The summed E-state index contributed by atoms with van der Waals surface area (Å²) in [4.78, 5) is 3.44. The lowest BCUT2D eigenvalue weighted by Gasteiger charge is -2.33. The van der Waals surface area contributed by atoms with Gasteiger partial charge in [0.05, 0.1) is 18.8 Å². The predicted molar refractivity (Wildman–Crippen MR) is 66.2 cm³/mol. The van der Waals surface area contributed by atoms with Crippen LogP contribution in [0.5, 0.6) is 0 Å². The predicted octanol–water partition coefficient (Wildman–Crippen LogP) is 1.84. The average molecular weight is 291 g/mol. The van der Waals surface area contributed by atoms with E-state index in [-0.39, 0.29) is 12.1 Å². The molecule has 1 aromatic heterocycles. The highest BCUT2D eigenvalue weighted by Crippen LogP contribution is 2.31. The van der Waals surface area contributed by atoms with E-state index in [9.17, 15) is 0 Å². The molecular weight excluding hydrogens is 276 g/mol. The van der Waals surface area contributed by atoms with E-state index in [0.29, 0.717) is 0 Å². The third-order valence-corrected chi connectivity index (χ3v) is 4.62. The Hall–Kier alpha value is 0.0600. The maximum Gasteiger partial charge on any atom is 0.0903 e. The summed E-state index contributed by atoms with van der Waals surface area (Å²) >= 11 is 5.19. The van der Waals surface area contributed by atoms with Crippen molar-refractivity contribution in [2.75, 3.05) is 26.7 Å². The molecule has 0 aliphatic carbocycles. The molecule has 0 saturated carbocycles. The second-order valence-corrected chi connectivity index (χ2v) is 5.63. The summed E-state index contributed by atoms with van der Waals surface area (Å²) in [7, 11) is 2.10. The van der Waals surface area contributed by atoms with E-state index in [2.05, 4.69) is 27.9 Å². The Kier molecular flexibility index (Phi) is 3.79. The number of halogens is 1. The first-order chi connectivity index (χ1) is 7.18. The van der Waals surface area contributed by atoms with E-state index in [0.717, 1.165) is 24.2 Å². The van der Waals surface area contributed by atoms with Gasteiger partial charge in [-0.25, -0.2) is 0 Å². The summed E-state index contributed by atoms with van der Waals surface area (Å²) < 4.78 is 6.80. The zero-order valence-corrected chi connectivity index (χ0v) is 11.1. The summed E-state index contributed by atoms with van der Waals surface area (Å²) in [6, 6.07) is 2.01. The fraction of sp³-hybridized carbons (Fsp3) is 0.600. The molecule has 0 amide bonds. The molecule has 1 aliphatic heterocycles. The monoisotopic (exact) mass is 290 g/mol. The quantitative estimate of drug-likeness (QED) is 0.903. The van der Waals surface area contributed by atoms with Crippen LogP contribution in [0.3, 0.4) is 0 Å². The molecule has 1 saturated heterocycles. The number of likely N-dealkylation sites (N-methyl/N-ethyl adjacent to an activating group) is 1. The van der Waals surface area contributed by atoms with Crippen LogP contribution in [-0.4, -0.2) is 37.7 Å². The summed E-state index contributed by atoms with van der Waals surface area (Å²) in [5.74, 6) is 0. The third-order valence-electron chi connectivity index (χ3n) is 2.64. The van der Waals surface area contributed by atoms with Crippen LogP contribution in [0.1, 0.15) is 10.9 Å². The van der Waals surface area contributed by atoms with Gasteiger partial charge in [-0.3, -0.25) is 0 Å². The molecule has 2 unspecified atom stereocenters. The zero-order chi connectivity index (χ0) is 10.8. The number of thiophene rings is 1. The molecular formula is C10H15BrN2OS. The number of nitrogens with two attached hydrogens (primary N) is 1. The SMILES string of the molecule is CN1CCOC(C(N)c2sccc2Br)C1. The second kappa shape index (κ2) is 4.93. The Labute approximate surface area is 102 Å². The molecule has 1 fully saturated rings. The zero-order valence-electron chi connectivity index (χ0n) is 8.65. The molecule has 1 aromatic rings. The lowest BCUT2D eigenvalue weighted by atomic mass is 10.1. The van der Waals surface area contributed by atoms with Gasteiger partial charge in [-0.05, 0) is 34.4 Å². The Bertz CT molecular complexity index is 331. The third kappa shape index (κ3) is 2.60. The molecule has 2 rings (SSSR count). The molecule has 0 radical (unpaired) electrons. The van der Waals surface area contributed by atoms with Crippen molar-refractivity contribution >= 4 is 27.3 Å². The smallest absolute Gasteiger partial charge is 0.0903 e. The van der Waals surface area contributed by atoms with Crippen LogP contribution in [0, 0.1) is 0 Å². The number of nitrogens with zero attached hydrogens (tertiary/aromatic N) is 1. The van der Waals surface area contributed by atoms with Gasteiger partial charge in [-0.2, -0.15) is 0 Å². The molecule has 0 bridgehead atoms. The number of hydrogen-bond donors (Lipinski definition) is 1. The molecule has 2 N–H and O–H groups in total. The topological polar surface area (TPSA) is 38.5 Å². The van der Waals surface area contributed by atoms with E-state index in [4.69, 9.17) is 10.5 Å². The largest absolute Gasteiger partial charge is 0.374 e. The average Bonchev–Trinajstić information content (AvgIpc) is 2.63. The second-order valence-electron chi connectivity index (χ2n) is 3.83. The first-order valence-corrected chi connectivity index (χ1v) is 6.64. The van der Waals surface area contributed by atoms with E-state index < -0.39 is 0 Å². The van der Waals surface area contributed by atoms with Crippen LogP contribution < -0.4 is 5.73 Å². The van der Waals surface area contributed by atoms with E-state index in [1.165, 1.54) is 4.88 Å². The van der Waals surface area contributed by atoms with Crippen molar-refractivity contribution in [1.82, 2.24) is 4.90 Å². The Balaban J connectivity index is 2.07. The fourth-order valence-corrected chi connectivity index (χ4v) is 3.43. The minimum atomic E-state index is -0.0258. The van der Waals surface area contributed by atoms with Crippen molar-refractivity contribution in [2.45, 2.75) is 12.1 Å². The van der Waals surface area contributed by atoms with E-state index >= 15 is 0 Å². The Morgan fingerprint density at radius 2 is 2.53 bits per heavy atom. The van der Waals surface area contributed by atoms with Crippen LogP contribution >= 0.6 is 27.3 Å². The van der Waals surface area contributed by atoms with Gasteiger partial charge in [-0.15, -0.1) is 11.3 Å². The molecule has 5 heteroatoms. The first-order valence-electron chi connectivity index (χ1n) is 4.97. The molecule has 2 atom stereocenters. The maximum absolute atomic E-state index is 6.21. The van der Waals surface area contributed by atoms with Crippen molar-refractivity contribution in [3.05, 3.63) is 20.8 Å². The van der Waals surface area contributed by atoms with Gasteiger partial charge in [0.25, 0.3) is 0 Å². The number of hydrogen-bond acceptors (Lipinski definition) is 4. The van der Waals surface area contributed by atoms with Gasteiger partial charge in [0.15, 0.2) is 0 Å². The lowest BCUT2D eigenvalue weighted by Crippen LogP contribution is -2.45. The summed E-state index contributed by atoms with van der Waals surface area (Å²) in [5.41, 5.74) is 6.21. The number of rotatable bonds is 2. The normalized spacial score (nSPS) is 25.4. The number of ether oxygens (including phenoxy) is 1. The van der Waals surface area contributed by atoms with Gasteiger partial charge < -0.3 is 15.4 Å². The first kappa shape index (κ1) is 11.5. The van der Waals surface area contributed by atoms with E-state index in [1.54, 1.807) is 11.3 Å². The summed E-state index contributed by atoms with van der Waals surface area (Å²) in [6.07, 6.45) is 0.110. The molecule has 84 valence electrons. The molecule has 2 heterocycles. The van der Waals surface area contributed by atoms with Crippen molar-refractivity contribution < 1.29 is 4.74 Å². The van der Waals surface area contributed by atoms with Gasteiger partial charge in [0.1, 0.15) is 0 Å². The molecule has 0 aromatic carbocycles. The van der Waals surface area contributed by atoms with Crippen molar-refractivity contribution in [3.8, 4) is 0 Å². The van der Waals surface area contributed by atoms with Crippen LogP contribution in [-0.2, 0) is 4.74 Å². The minimum Gasteiger partial charge on any atom is -0.374 e. The van der Waals surface area contributed by atoms with Gasteiger partial charge >= 0.3 is 0 Å². The number of morpholine rings is 1. The van der Waals surface area contributed by atoms with Crippen molar-refractivity contribution in [3.63, 3.8) is 0 Å². The Morgan fingerprint density at radius 1 is 1.73 bits per heavy atom. The van der Waals surface area contributed by atoms with Crippen LogP contribution in [0.25, 0.3) is 0 Å². The minimum absolute atomic E-state index is 0.0258. The summed E-state index contributed by atoms with van der Waals surface area (Å²) in [6.45, 7) is 2.68. The summed E-state index contributed by atoms with van der Waals surface area (Å²) in [5, 5.41) is 2.05. The highest BCUT2D eigenvalue weighted by Gasteiger charge is 2.27. The standard InChI is InChI=1S/C10H15BrN2OS/c1-13-3-4-14-8(6-13)9(12)10-7(11)2-5-15-10/h2,5,8-9H,3-4,6,12H2,1H3. The van der Waals surface area contributed by atoms with Crippen LogP contribution in [0.2, 0.25) is 0 Å². The van der Waals surface area contributed by atoms with Gasteiger partial charge in [0.2, 0.25) is 0 Å². The Morgan fingerprint density at radius 3 is 3.13 bits per heavy atom. The maximum atomic E-state index is 6.21.